The Kier molecular flexibility index (Phi) is 4.25. The number of carbonyl (C=O) groups is 1. The molecule has 0 saturated heterocycles. The first kappa shape index (κ1) is 18.6. The summed E-state index contributed by atoms with van der Waals surface area (Å²) in [5.74, 6) is -0.400. The molecule has 10 heteroatoms. The number of sulfonamides is 1. The molecule has 0 aromatic heterocycles. The van der Waals surface area contributed by atoms with Gasteiger partial charge in [-0.1, -0.05) is 0 Å². The third kappa shape index (κ3) is 3.51. The van der Waals surface area contributed by atoms with Gasteiger partial charge in [-0.2, -0.15) is 0 Å². The molecule has 0 spiro atoms. The van der Waals surface area contributed by atoms with Crippen LogP contribution in [-0.4, -0.2) is 27.2 Å². The number of rotatable bonds is 4. The highest BCUT2D eigenvalue weighted by molar-refractivity contribution is 7.92. The summed E-state index contributed by atoms with van der Waals surface area (Å²) in [7, 11) is -3.94. The minimum atomic E-state index is -4.82. The predicted molar refractivity (Wildman–Crippen MR) is 94.8 cm³/mol. The molecular formula is C18H15F3N2O4S. The molecule has 0 atom stereocenters. The number of hydrogen-bond acceptors (Lipinski definition) is 4. The van der Waals surface area contributed by atoms with Crippen LogP contribution < -0.4 is 14.4 Å². The summed E-state index contributed by atoms with van der Waals surface area (Å²) in [5.41, 5.74) is 2.54. The smallest absolute Gasteiger partial charge is 0.406 e. The highest BCUT2D eigenvalue weighted by atomic mass is 32.2. The number of benzene rings is 2. The van der Waals surface area contributed by atoms with Crippen LogP contribution in [0.25, 0.3) is 0 Å². The Hall–Kier alpha value is -2.75. The van der Waals surface area contributed by atoms with Crippen molar-refractivity contribution in [1.29, 1.82) is 0 Å². The monoisotopic (exact) mass is 412 g/mol. The van der Waals surface area contributed by atoms with Gasteiger partial charge in [-0.25, -0.2) is 8.42 Å². The molecule has 2 heterocycles. The van der Waals surface area contributed by atoms with E-state index in [1.807, 2.05) is 0 Å². The van der Waals surface area contributed by atoms with Gasteiger partial charge >= 0.3 is 6.36 Å². The van der Waals surface area contributed by atoms with E-state index in [9.17, 15) is 26.4 Å². The fraction of sp³-hybridized carbons (Fsp3) is 0.278. The molecule has 0 unspecified atom stereocenters. The topological polar surface area (TPSA) is 75.7 Å². The molecule has 2 aromatic carbocycles. The fourth-order valence-corrected chi connectivity index (χ4v) is 4.68. The summed E-state index contributed by atoms with van der Waals surface area (Å²) in [6, 6.07) is 7.53. The SMILES string of the molecule is O=C1CCc2cc(S(=O)(=O)Nc3ccc(OC(F)(F)F)cc3)cc3c2N1CC3. The molecule has 0 fully saturated rings. The lowest BCUT2D eigenvalue weighted by atomic mass is 10.00. The molecule has 2 aliphatic heterocycles. The van der Waals surface area contributed by atoms with Gasteiger partial charge in [0, 0.05) is 18.7 Å². The van der Waals surface area contributed by atoms with Crippen molar-refractivity contribution >= 4 is 27.3 Å². The van der Waals surface area contributed by atoms with E-state index in [1.54, 1.807) is 17.0 Å². The van der Waals surface area contributed by atoms with Gasteiger partial charge in [0.1, 0.15) is 5.75 Å². The van der Waals surface area contributed by atoms with Gasteiger partial charge in [-0.15, -0.1) is 13.2 Å². The second kappa shape index (κ2) is 6.40. The summed E-state index contributed by atoms with van der Waals surface area (Å²) in [4.78, 5) is 13.7. The molecule has 0 aliphatic carbocycles. The summed E-state index contributed by atoms with van der Waals surface area (Å²) in [6.07, 6.45) is -3.42. The van der Waals surface area contributed by atoms with Gasteiger partial charge in [0.05, 0.1) is 10.6 Å². The Morgan fingerprint density at radius 3 is 2.29 bits per heavy atom. The minimum absolute atomic E-state index is 0.0427. The van der Waals surface area contributed by atoms with E-state index in [1.165, 1.54) is 12.1 Å². The van der Waals surface area contributed by atoms with Gasteiger partial charge in [0.15, 0.2) is 0 Å². The van der Waals surface area contributed by atoms with Crippen LogP contribution in [0.1, 0.15) is 17.5 Å². The number of ether oxygens (including phenoxy) is 1. The normalized spacial score (nSPS) is 16.1. The number of aryl methyl sites for hydroxylation is 1. The van der Waals surface area contributed by atoms with Crippen LogP contribution in [0.3, 0.4) is 0 Å². The van der Waals surface area contributed by atoms with Crippen molar-refractivity contribution in [1.82, 2.24) is 0 Å². The van der Waals surface area contributed by atoms with Crippen LogP contribution in [0.5, 0.6) is 5.75 Å². The van der Waals surface area contributed by atoms with Gasteiger partial charge in [-0.05, 0) is 60.4 Å². The molecule has 4 rings (SSSR count). The van der Waals surface area contributed by atoms with Gasteiger partial charge in [0.25, 0.3) is 10.0 Å². The lowest BCUT2D eigenvalue weighted by molar-refractivity contribution is -0.274. The lowest BCUT2D eigenvalue weighted by Gasteiger charge is -2.25. The second-order valence-corrected chi connectivity index (χ2v) is 8.25. The maximum Gasteiger partial charge on any atom is 0.573 e. The van der Waals surface area contributed by atoms with Crippen molar-refractivity contribution < 1.29 is 31.1 Å². The van der Waals surface area contributed by atoms with Crippen molar-refractivity contribution in [2.75, 3.05) is 16.2 Å². The zero-order valence-electron chi connectivity index (χ0n) is 14.4. The maximum absolute atomic E-state index is 12.7. The number of hydrogen-bond donors (Lipinski definition) is 1. The predicted octanol–water partition coefficient (Wildman–Crippen LogP) is 3.22. The Labute approximate surface area is 159 Å². The van der Waals surface area contributed by atoms with Gasteiger partial charge in [0.2, 0.25) is 5.91 Å². The summed E-state index contributed by atoms with van der Waals surface area (Å²) in [5, 5.41) is 0. The average molecular weight is 412 g/mol. The van der Waals surface area contributed by atoms with E-state index in [0.717, 1.165) is 28.9 Å². The van der Waals surface area contributed by atoms with E-state index in [0.29, 0.717) is 25.8 Å². The number of nitrogens with one attached hydrogen (secondary N) is 1. The molecule has 0 saturated carbocycles. The van der Waals surface area contributed by atoms with E-state index in [-0.39, 0.29) is 16.5 Å². The quantitative estimate of drug-likeness (QED) is 0.837. The Morgan fingerprint density at radius 2 is 1.64 bits per heavy atom. The highest BCUT2D eigenvalue weighted by Gasteiger charge is 2.33. The largest absolute Gasteiger partial charge is 0.573 e. The Bertz CT molecular complexity index is 1050. The van der Waals surface area contributed by atoms with Crippen LogP contribution in [0.2, 0.25) is 0 Å². The van der Waals surface area contributed by atoms with Crippen LogP contribution in [0.15, 0.2) is 41.3 Å². The first-order valence-corrected chi connectivity index (χ1v) is 9.95. The highest BCUT2D eigenvalue weighted by Crippen LogP contribution is 2.38. The molecule has 148 valence electrons. The number of nitrogens with zero attached hydrogens (tertiary/aromatic N) is 1. The molecule has 0 radical (unpaired) electrons. The van der Waals surface area contributed by atoms with Crippen molar-refractivity contribution in [3.05, 3.63) is 47.5 Å². The Balaban J connectivity index is 1.59. The van der Waals surface area contributed by atoms with Crippen molar-refractivity contribution in [3.8, 4) is 5.75 Å². The van der Waals surface area contributed by atoms with E-state index < -0.39 is 22.1 Å². The average Bonchev–Trinajstić information content (AvgIpc) is 3.04. The third-order valence-corrected chi connectivity index (χ3v) is 6.04. The number of anilines is 2. The molecule has 0 bridgehead atoms. The fourth-order valence-electron chi connectivity index (χ4n) is 3.52. The molecule has 6 nitrogen and oxygen atoms in total. The molecule has 2 aliphatic rings. The first-order valence-electron chi connectivity index (χ1n) is 8.47. The van der Waals surface area contributed by atoms with Crippen molar-refractivity contribution in [2.45, 2.75) is 30.5 Å². The summed E-state index contributed by atoms with van der Waals surface area (Å²) < 4.78 is 68.3. The molecule has 1 amide bonds. The molecule has 2 aromatic rings. The molecular weight excluding hydrogens is 397 g/mol. The number of carbonyl (C=O) groups excluding carboxylic acids is 1. The van der Waals surface area contributed by atoms with Crippen molar-refractivity contribution in [3.63, 3.8) is 0 Å². The second-order valence-electron chi connectivity index (χ2n) is 6.56. The van der Waals surface area contributed by atoms with Gasteiger partial charge < -0.3 is 9.64 Å². The maximum atomic E-state index is 12.7. The van der Waals surface area contributed by atoms with E-state index in [2.05, 4.69) is 9.46 Å². The Morgan fingerprint density at radius 1 is 1.00 bits per heavy atom. The summed E-state index contributed by atoms with van der Waals surface area (Å²) >= 11 is 0. The number of amides is 1. The standard InChI is InChI=1S/C18H15F3N2O4S/c19-18(20,21)27-14-4-2-13(3-5-14)22-28(25,26)15-9-11-1-6-16(24)23-8-7-12(10-15)17(11)23/h2-5,9-10,22H,1,6-8H2. The van der Waals surface area contributed by atoms with Crippen LogP contribution in [-0.2, 0) is 27.7 Å². The zero-order valence-corrected chi connectivity index (χ0v) is 15.2. The van der Waals surface area contributed by atoms with Crippen LogP contribution >= 0.6 is 0 Å². The number of halogens is 3. The zero-order chi connectivity index (χ0) is 20.1. The molecule has 1 N–H and O–H groups in total. The van der Waals surface area contributed by atoms with Crippen LogP contribution in [0.4, 0.5) is 24.5 Å². The van der Waals surface area contributed by atoms with E-state index >= 15 is 0 Å². The summed E-state index contributed by atoms with van der Waals surface area (Å²) in [6.45, 7) is 0.540. The molecule has 28 heavy (non-hydrogen) atoms. The minimum Gasteiger partial charge on any atom is -0.406 e. The van der Waals surface area contributed by atoms with Crippen LogP contribution in [0, 0.1) is 0 Å². The number of alkyl halides is 3. The van der Waals surface area contributed by atoms with Gasteiger partial charge in [-0.3, -0.25) is 9.52 Å². The lowest BCUT2D eigenvalue weighted by Crippen LogP contribution is -2.33. The first-order chi connectivity index (χ1) is 13.1. The van der Waals surface area contributed by atoms with Crippen molar-refractivity contribution in [2.24, 2.45) is 0 Å². The van der Waals surface area contributed by atoms with E-state index in [4.69, 9.17) is 0 Å². The third-order valence-electron chi connectivity index (χ3n) is 4.68.